The van der Waals surface area contributed by atoms with E-state index >= 15 is 0 Å². The maximum atomic E-state index is 12.0. The lowest BCUT2D eigenvalue weighted by Gasteiger charge is -2.34. The first-order valence-electron chi connectivity index (χ1n) is 16.8. The number of methoxy groups -OCH3 is 4. The number of ether oxygens (including phenoxy) is 5. The molecule has 2 aliphatic heterocycles. The van der Waals surface area contributed by atoms with Gasteiger partial charge in [-0.3, -0.25) is 9.97 Å². The van der Waals surface area contributed by atoms with Crippen LogP contribution in [0.2, 0.25) is 0 Å². The van der Waals surface area contributed by atoms with E-state index in [0.717, 1.165) is 85.1 Å². The Bertz CT molecular complexity index is 1740. The van der Waals surface area contributed by atoms with Gasteiger partial charge in [-0.25, -0.2) is 4.79 Å². The van der Waals surface area contributed by atoms with E-state index < -0.39 is 5.60 Å². The molecule has 272 valence electrons. The summed E-state index contributed by atoms with van der Waals surface area (Å²) in [4.78, 5) is 25.6. The SMILES string of the molecule is COc1cc2nccc(N3CCC(N)CC3)c2cc1OC.COc1cc2nccc(N3CCC(NC(=O)OC(C)(C)C)CC3)c2cc1OC.Cl. The summed E-state index contributed by atoms with van der Waals surface area (Å²) in [6.45, 7) is 9.25. The third-order valence-electron chi connectivity index (χ3n) is 8.88. The number of nitrogens with zero attached hydrogens (tertiary/aromatic N) is 4. The number of hydrogen-bond acceptors (Lipinski definition) is 11. The number of pyridine rings is 2. The van der Waals surface area contributed by atoms with E-state index in [9.17, 15) is 4.79 Å². The summed E-state index contributed by atoms with van der Waals surface area (Å²) >= 11 is 0. The van der Waals surface area contributed by atoms with Crippen LogP contribution in [0.4, 0.5) is 16.2 Å². The molecule has 50 heavy (non-hydrogen) atoms. The number of amides is 1. The van der Waals surface area contributed by atoms with Crippen molar-refractivity contribution in [2.75, 3.05) is 64.4 Å². The van der Waals surface area contributed by atoms with Crippen LogP contribution in [-0.4, -0.2) is 88.4 Å². The van der Waals surface area contributed by atoms with Gasteiger partial charge in [-0.1, -0.05) is 0 Å². The minimum Gasteiger partial charge on any atom is -0.493 e. The molecule has 0 atom stereocenters. The molecule has 0 aliphatic carbocycles. The second-order valence-corrected chi connectivity index (χ2v) is 13.3. The number of hydrogen-bond donors (Lipinski definition) is 2. The summed E-state index contributed by atoms with van der Waals surface area (Å²) in [7, 11) is 6.54. The van der Waals surface area contributed by atoms with Gasteiger partial charge in [0.1, 0.15) is 5.60 Å². The maximum absolute atomic E-state index is 12.0. The number of halogens is 1. The van der Waals surface area contributed by atoms with Gasteiger partial charge >= 0.3 is 6.09 Å². The molecule has 0 saturated carbocycles. The Morgan fingerprint density at radius 3 is 1.52 bits per heavy atom. The molecule has 0 unspecified atom stereocenters. The molecule has 12 nitrogen and oxygen atoms in total. The smallest absolute Gasteiger partial charge is 0.407 e. The summed E-state index contributed by atoms with van der Waals surface area (Å²) < 4.78 is 27.0. The number of nitrogens with two attached hydrogens (primary N) is 1. The Morgan fingerprint density at radius 1 is 0.720 bits per heavy atom. The molecule has 4 aromatic rings. The number of carbonyl (C=O) groups is 1. The highest BCUT2D eigenvalue weighted by Crippen LogP contribution is 2.37. The maximum Gasteiger partial charge on any atom is 0.407 e. The van der Waals surface area contributed by atoms with E-state index in [1.807, 2.05) is 63.5 Å². The molecule has 2 aromatic carbocycles. The van der Waals surface area contributed by atoms with E-state index in [0.29, 0.717) is 23.3 Å². The topological polar surface area (TPSA) is 134 Å². The van der Waals surface area contributed by atoms with Gasteiger partial charge in [-0.05, 0) is 70.7 Å². The Morgan fingerprint density at radius 2 is 1.12 bits per heavy atom. The van der Waals surface area contributed by atoms with Gasteiger partial charge in [-0.2, -0.15) is 0 Å². The van der Waals surface area contributed by atoms with Gasteiger partial charge in [0.25, 0.3) is 0 Å². The zero-order chi connectivity index (χ0) is 35.1. The number of fused-ring (bicyclic) bond motifs is 2. The molecule has 13 heteroatoms. The minimum absolute atomic E-state index is 0. The average Bonchev–Trinajstić information content (AvgIpc) is 3.10. The predicted octanol–water partition coefficient (Wildman–Crippen LogP) is 6.35. The molecular weight excluding hydrogens is 660 g/mol. The van der Waals surface area contributed by atoms with Crippen molar-refractivity contribution in [1.29, 1.82) is 0 Å². The monoisotopic (exact) mass is 710 g/mol. The minimum atomic E-state index is -0.485. The number of nitrogens with one attached hydrogen (secondary N) is 1. The van der Waals surface area contributed by atoms with Crippen LogP contribution in [0.5, 0.6) is 23.0 Å². The molecule has 6 rings (SSSR count). The van der Waals surface area contributed by atoms with Crippen LogP contribution in [0.25, 0.3) is 21.8 Å². The van der Waals surface area contributed by atoms with Crippen molar-refractivity contribution in [2.24, 2.45) is 5.73 Å². The third-order valence-corrected chi connectivity index (χ3v) is 8.88. The Balaban J connectivity index is 0.000000229. The first-order chi connectivity index (χ1) is 23.5. The molecule has 2 saturated heterocycles. The number of benzene rings is 2. The lowest BCUT2D eigenvalue weighted by Crippen LogP contribution is -2.46. The molecule has 1 amide bonds. The van der Waals surface area contributed by atoms with Crippen molar-refractivity contribution >= 4 is 51.7 Å². The fraction of sp³-hybridized carbons (Fsp3) is 0.486. The molecule has 0 spiro atoms. The van der Waals surface area contributed by atoms with E-state index in [1.54, 1.807) is 28.4 Å². The highest BCUT2D eigenvalue weighted by atomic mass is 35.5. The molecule has 2 aromatic heterocycles. The van der Waals surface area contributed by atoms with Crippen molar-refractivity contribution in [1.82, 2.24) is 15.3 Å². The van der Waals surface area contributed by atoms with E-state index in [-0.39, 0.29) is 24.5 Å². The average molecular weight is 711 g/mol. The lowest BCUT2D eigenvalue weighted by atomic mass is 10.0. The summed E-state index contributed by atoms with van der Waals surface area (Å²) in [5.41, 5.74) is 9.59. The first-order valence-corrected chi connectivity index (χ1v) is 16.8. The normalized spacial score (nSPS) is 15.4. The van der Waals surface area contributed by atoms with E-state index in [4.69, 9.17) is 29.4 Å². The summed E-state index contributed by atoms with van der Waals surface area (Å²) in [6, 6.07) is 12.3. The quantitative estimate of drug-likeness (QED) is 0.222. The second-order valence-electron chi connectivity index (χ2n) is 13.3. The largest absolute Gasteiger partial charge is 0.493 e. The fourth-order valence-electron chi connectivity index (χ4n) is 6.35. The van der Waals surface area contributed by atoms with Gasteiger partial charge in [0.2, 0.25) is 0 Å². The zero-order valence-electron chi connectivity index (χ0n) is 30.2. The van der Waals surface area contributed by atoms with Crippen molar-refractivity contribution in [3.05, 3.63) is 48.8 Å². The van der Waals surface area contributed by atoms with Crippen molar-refractivity contribution in [3.8, 4) is 23.0 Å². The third kappa shape index (κ3) is 9.22. The van der Waals surface area contributed by atoms with Gasteiger partial charge in [0.15, 0.2) is 23.0 Å². The second kappa shape index (κ2) is 17.0. The lowest BCUT2D eigenvalue weighted by molar-refractivity contribution is 0.0497. The van der Waals surface area contributed by atoms with Crippen LogP contribution in [0, 0.1) is 0 Å². The Kier molecular flexibility index (Phi) is 13.0. The highest BCUT2D eigenvalue weighted by Gasteiger charge is 2.25. The molecular formula is C37H51ClN6O6. The molecule has 2 aliphatic rings. The number of rotatable bonds is 7. The van der Waals surface area contributed by atoms with Crippen molar-refractivity contribution in [2.45, 2.75) is 64.1 Å². The van der Waals surface area contributed by atoms with Gasteiger partial charge in [0, 0.05) is 84.9 Å². The standard InChI is InChI=1S/C21H29N3O4.C16H21N3O2.ClH/c1-21(2,3)28-20(25)23-14-7-10-24(11-8-14)17-6-9-22-16-13-19(27-5)18(26-4)12-15(16)17;1-20-15-9-12-13(10-16(15)21-2)18-6-3-14(12)19-7-4-11(17)5-8-19;/h6,9,12-14H,7-8,10-11H2,1-5H3,(H,23,25);3,6,9-11H,4-5,7-8,17H2,1-2H3;1H. The number of carbonyl (C=O) groups excluding carboxylic acids is 1. The Hall–Kier alpha value is -4.42. The number of aromatic nitrogens is 2. The predicted molar refractivity (Wildman–Crippen MR) is 201 cm³/mol. The van der Waals surface area contributed by atoms with Crippen LogP contribution in [-0.2, 0) is 4.74 Å². The van der Waals surface area contributed by atoms with E-state index in [2.05, 4.69) is 31.2 Å². The van der Waals surface area contributed by atoms with Crippen LogP contribution < -0.4 is 39.8 Å². The van der Waals surface area contributed by atoms with Crippen LogP contribution in [0.15, 0.2) is 48.8 Å². The molecule has 4 heterocycles. The Labute approximate surface area is 301 Å². The summed E-state index contributed by atoms with van der Waals surface area (Å²) in [5, 5.41) is 5.10. The molecule has 0 bridgehead atoms. The fourth-order valence-corrected chi connectivity index (χ4v) is 6.35. The van der Waals surface area contributed by atoms with Crippen LogP contribution in [0.1, 0.15) is 46.5 Å². The first kappa shape index (κ1) is 38.4. The molecule has 2 fully saturated rings. The van der Waals surface area contributed by atoms with Crippen LogP contribution >= 0.6 is 12.4 Å². The van der Waals surface area contributed by atoms with Crippen molar-refractivity contribution in [3.63, 3.8) is 0 Å². The number of piperidine rings is 2. The zero-order valence-corrected chi connectivity index (χ0v) is 31.0. The number of alkyl carbamates (subject to hydrolysis) is 1. The van der Waals surface area contributed by atoms with Crippen LogP contribution in [0.3, 0.4) is 0 Å². The highest BCUT2D eigenvalue weighted by molar-refractivity contribution is 5.95. The van der Waals surface area contributed by atoms with Gasteiger partial charge in [0.05, 0.1) is 39.5 Å². The molecule has 0 radical (unpaired) electrons. The molecule has 3 N–H and O–H groups in total. The van der Waals surface area contributed by atoms with Gasteiger partial charge in [-0.15, -0.1) is 12.4 Å². The summed E-state index contributed by atoms with van der Waals surface area (Å²) in [6.07, 6.45) is 7.07. The number of anilines is 2. The van der Waals surface area contributed by atoms with E-state index in [1.165, 1.54) is 5.69 Å². The van der Waals surface area contributed by atoms with Gasteiger partial charge < -0.3 is 44.5 Å². The van der Waals surface area contributed by atoms with Crippen molar-refractivity contribution < 1.29 is 28.5 Å². The summed E-state index contributed by atoms with van der Waals surface area (Å²) in [5.74, 6) is 2.79.